The van der Waals surface area contributed by atoms with Crippen molar-refractivity contribution in [2.24, 2.45) is 5.92 Å². The smallest absolute Gasteiger partial charge is 0.149 e. The topological polar surface area (TPSA) is 41.1 Å². The molecule has 1 fully saturated rings. The average Bonchev–Trinajstić information content (AvgIpc) is 2.30. The van der Waals surface area contributed by atoms with Gasteiger partial charge in [0.2, 0.25) is 0 Å². The van der Waals surface area contributed by atoms with Crippen molar-refractivity contribution in [1.29, 1.82) is 0 Å². The summed E-state index contributed by atoms with van der Waals surface area (Å²) in [5.74, 6) is 2.68. The zero-order valence-electron chi connectivity index (χ0n) is 9.40. The van der Waals surface area contributed by atoms with Crippen molar-refractivity contribution in [1.82, 2.24) is 9.97 Å². The first-order chi connectivity index (χ1) is 7.29. The molecule has 2 rings (SSSR count). The molecule has 0 saturated carbocycles. The van der Waals surface area contributed by atoms with E-state index in [-0.39, 0.29) is 0 Å². The first kappa shape index (κ1) is 10.2. The van der Waals surface area contributed by atoms with Gasteiger partial charge in [0, 0.05) is 20.1 Å². The highest BCUT2D eigenvalue weighted by atomic mass is 15.2. The SMILES string of the molecule is CNc1cncc(N2CCC(C)CC2)n1. The number of nitrogens with one attached hydrogen (secondary N) is 1. The minimum absolute atomic E-state index is 0.839. The van der Waals surface area contributed by atoms with Gasteiger partial charge in [-0.3, -0.25) is 4.98 Å². The lowest BCUT2D eigenvalue weighted by Gasteiger charge is -2.31. The maximum absolute atomic E-state index is 4.49. The molecule has 1 saturated heterocycles. The van der Waals surface area contributed by atoms with Gasteiger partial charge in [-0.25, -0.2) is 4.98 Å². The van der Waals surface area contributed by atoms with E-state index in [2.05, 4.69) is 27.1 Å². The highest BCUT2D eigenvalue weighted by Crippen LogP contribution is 2.21. The third-order valence-electron chi connectivity index (χ3n) is 2.99. The van der Waals surface area contributed by atoms with Crippen LogP contribution in [0.25, 0.3) is 0 Å². The summed E-state index contributed by atoms with van der Waals surface area (Å²) in [5.41, 5.74) is 0. The van der Waals surface area contributed by atoms with Crippen LogP contribution in [-0.4, -0.2) is 30.1 Å². The Morgan fingerprint density at radius 1 is 1.33 bits per heavy atom. The largest absolute Gasteiger partial charge is 0.372 e. The van der Waals surface area contributed by atoms with Crippen LogP contribution in [0.15, 0.2) is 12.4 Å². The minimum atomic E-state index is 0.839. The van der Waals surface area contributed by atoms with Crippen LogP contribution in [0, 0.1) is 5.92 Å². The van der Waals surface area contributed by atoms with Gasteiger partial charge in [0.25, 0.3) is 0 Å². The molecule has 0 atom stereocenters. The van der Waals surface area contributed by atoms with Crippen LogP contribution >= 0.6 is 0 Å². The second-order valence-corrected chi connectivity index (χ2v) is 4.18. The highest BCUT2D eigenvalue weighted by Gasteiger charge is 2.17. The van der Waals surface area contributed by atoms with Gasteiger partial charge in [-0.2, -0.15) is 0 Å². The Balaban J connectivity index is 2.08. The molecule has 1 aromatic heterocycles. The highest BCUT2D eigenvalue weighted by molar-refractivity contribution is 5.43. The maximum Gasteiger partial charge on any atom is 0.149 e. The Morgan fingerprint density at radius 3 is 2.73 bits per heavy atom. The fraction of sp³-hybridized carbons (Fsp3) is 0.636. The molecule has 0 radical (unpaired) electrons. The number of anilines is 2. The molecule has 0 aromatic carbocycles. The standard InChI is InChI=1S/C11H18N4/c1-9-3-5-15(6-4-9)11-8-13-7-10(12-2)14-11/h7-9H,3-6H2,1-2H3,(H,12,14). The van der Waals surface area contributed by atoms with Gasteiger partial charge in [-0.05, 0) is 18.8 Å². The summed E-state index contributed by atoms with van der Waals surface area (Å²) in [6, 6.07) is 0. The van der Waals surface area contributed by atoms with Crippen LogP contribution in [0.4, 0.5) is 11.6 Å². The average molecular weight is 206 g/mol. The van der Waals surface area contributed by atoms with E-state index in [0.29, 0.717) is 0 Å². The van der Waals surface area contributed by atoms with Gasteiger partial charge >= 0.3 is 0 Å². The molecule has 0 unspecified atom stereocenters. The van der Waals surface area contributed by atoms with Crippen LogP contribution in [0.5, 0.6) is 0 Å². The van der Waals surface area contributed by atoms with Gasteiger partial charge in [0.1, 0.15) is 11.6 Å². The van der Waals surface area contributed by atoms with Crippen molar-refractivity contribution in [3.63, 3.8) is 0 Å². The van der Waals surface area contributed by atoms with E-state index in [9.17, 15) is 0 Å². The van der Waals surface area contributed by atoms with E-state index < -0.39 is 0 Å². The first-order valence-corrected chi connectivity index (χ1v) is 5.54. The van der Waals surface area contributed by atoms with Crippen molar-refractivity contribution in [2.75, 3.05) is 30.4 Å². The van der Waals surface area contributed by atoms with Crippen LogP contribution in [-0.2, 0) is 0 Å². The molecule has 0 bridgehead atoms. The van der Waals surface area contributed by atoms with Gasteiger partial charge in [0.05, 0.1) is 12.4 Å². The summed E-state index contributed by atoms with van der Waals surface area (Å²) in [6.45, 7) is 4.51. The lowest BCUT2D eigenvalue weighted by Crippen LogP contribution is -2.33. The Bertz CT molecular complexity index is 318. The second-order valence-electron chi connectivity index (χ2n) is 4.18. The summed E-state index contributed by atoms with van der Waals surface area (Å²) >= 11 is 0. The zero-order valence-corrected chi connectivity index (χ0v) is 9.40. The van der Waals surface area contributed by atoms with Crippen LogP contribution in [0.3, 0.4) is 0 Å². The van der Waals surface area contributed by atoms with Gasteiger partial charge in [-0.15, -0.1) is 0 Å². The Labute approximate surface area is 90.7 Å². The van der Waals surface area contributed by atoms with Gasteiger partial charge in [0.15, 0.2) is 0 Å². The normalized spacial score (nSPS) is 17.9. The molecule has 1 aliphatic heterocycles. The number of nitrogens with zero attached hydrogens (tertiary/aromatic N) is 3. The number of piperidine rings is 1. The number of hydrogen-bond acceptors (Lipinski definition) is 4. The van der Waals surface area contributed by atoms with Crippen molar-refractivity contribution in [3.8, 4) is 0 Å². The Morgan fingerprint density at radius 2 is 2.07 bits per heavy atom. The number of aromatic nitrogens is 2. The Kier molecular flexibility index (Phi) is 3.04. The minimum Gasteiger partial charge on any atom is -0.372 e. The van der Waals surface area contributed by atoms with Crippen LogP contribution < -0.4 is 10.2 Å². The van der Waals surface area contributed by atoms with E-state index in [1.54, 1.807) is 6.20 Å². The van der Waals surface area contributed by atoms with Crippen molar-refractivity contribution in [2.45, 2.75) is 19.8 Å². The van der Waals surface area contributed by atoms with Crippen LogP contribution in [0.2, 0.25) is 0 Å². The predicted molar refractivity (Wildman–Crippen MR) is 62.2 cm³/mol. The lowest BCUT2D eigenvalue weighted by atomic mass is 9.99. The zero-order chi connectivity index (χ0) is 10.7. The summed E-state index contributed by atoms with van der Waals surface area (Å²) in [6.07, 6.45) is 6.10. The first-order valence-electron chi connectivity index (χ1n) is 5.54. The van der Waals surface area contributed by atoms with Crippen molar-refractivity contribution in [3.05, 3.63) is 12.4 Å². The number of rotatable bonds is 2. The van der Waals surface area contributed by atoms with Crippen molar-refractivity contribution < 1.29 is 0 Å². The van der Waals surface area contributed by atoms with Crippen molar-refractivity contribution >= 4 is 11.6 Å². The lowest BCUT2D eigenvalue weighted by molar-refractivity contribution is 0.436. The quantitative estimate of drug-likeness (QED) is 0.800. The molecule has 0 amide bonds. The molecule has 1 aliphatic rings. The molecule has 0 spiro atoms. The summed E-state index contributed by atoms with van der Waals surface area (Å²) in [5, 5.41) is 3.01. The third kappa shape index (κ3) is 2.37. The molecular weight excluding hydrogens is 188 g/mol. The van der Waals surface area contributed by atoms with E-state index in [0.717, 1.165) is 30.6 Å². The third-order valence-corrected chi connectivity index (χ3v) is 2.99. The molecule has 4 heteroatoms. The molecule has 82 valence electrons. The van der Waals surface area contributed by atoms with Crippen LogP contribution in [0.1, 0.15) is 19.8 Å². The second kappa shape index (κ2) is 4.47. The monoisotopic (exact) mass is 206 g/mol. The maximum atomic E-state index is 4.49. The summed E-state index contributed by atoms with van der Waals surface area (Å²) in [4.78, 5) is 11.0. The molecule has 15 heavy (non-hydrogen) atoms. The molecule has 4 nitrogen and oxygen atoms in total. The molecule has 2 heterocycles. The molecule has 1 N–H and O–H groups in total. The fourth-order valence-electron chi connectivity index (χ4n) is 1.87. The number of hydrogen-bond donors (Lipinski definition) is 1. The van der Waals surface area contributed by atoms with E-state index in [1.165, 1.54) is 12.8 Å². The molecule has 0 aliphatic carbocycles. The van der Waals surface area contributed by atoms with Gasteiger partial charge in [-0.1, -0.05) is 6.92 Å². The predicted octanol–water partition coefficient (Wildman–Crippen LogP) is 1.75. The summed E-state index contributed by atoms with van der Waals surface area (Å²) < 4.78 is 0. The van der Waals surface area contributed by atoms with E-state index in [1.807, 2.05) is 13.2 Å². The Hall–Kier alpha value is -1.32. The summed E-state index contributed by atoms with van der Waals surface area (Å²) in [7, 11) is 1.87. The molecule has 1 aromatic rings. The van der Waals surface area contributed by atoms with E-state index in [4.69, 9.17) is 0 Å². The van der Waals surface area contributed by atoms with E-state index >= 15 is 0 Å². The fourth-order valence-corrected chi connectivity index (χ4v) is 1.87. The van der Waals surface area contributed by atoms with Gasteiger partial charge < -0.3 is 10.2 Å². The molecular formula is C11H18N4.